The molecule has 2 aromatic heterocycles. The van der Waals surface area contributed by atoms with Crippen LogP contribution < -0.4 is 4.72 Å². The van der Waals surface area contributed by atoms with Crippen LogP contribution in [0.15, 0.2) is 33.8 Å². The summed E-state index contributed by atoms with van der Waals surface area (Å²) in [6, 6.07) is 4.79. The molecule has 0 saturated heterocycles. The third-order valence-corrected chi connectivity index (χ3v) is 4.76. The quantitative estimate of drug-likeness (QED) is 0.834. The minimum atomic E-state index is -3.82. The predicted molar refractivity (Wildman–Crippen MR) is 81.5 cm³/mol. The van der Waals surface area contributed by atoms with Crippen molar-refractivity contribution in [3.63, 3.8) is 0 Å². The summed E-state index contributed by atoms with van der Waals surface area (Å²) in [4.78, 5) is 7.92. The van der Waals surface area contributed by atoms with Gasteiger partial charge in [0.25, 0.3) is 10.0 Å². The zero-order chi connectivity index (χ0) is 14.9. The van der Waals surface area contributed by atoms with Gasteiger partial charge in [0.2, 0.25) is 0 Å². The van der Waals surface area contributed by atoms with Crippen molar-refractivity contribution in [3.05, 3.63) is 45.4 Å². The molecule has 0 unspecified atom stereocenters. The fourth-order valence-electron chi connectivity index (χ4n) is 1.59. The maximum Gasteiger partial charge on any atom is 0.265 e. The van der Waals surface area contributed by atoms with Gasteiger partial charge in [-0.2, -0.15) is 0 Å². The van der Waals surface area contributed by atoms with Crippen LogP contribution in [0.1, 0.15) is 11.4 Å². The van der Waals surface area contributed by atoms with E-state index in [1.807, 2.05) is 6.92 Å². The number of rotatable bonds is 3. The lowest BCUT2D eigenvalue weighted by molar-refractivity contribution is 0.600. The van der Waals surface area contributed by atoms with Gasteiger partial charge in [0.1, 0.15) is 10.0 Å². The van der Waals surface area contributed by atoms with Gasteiger partial charge in [0.05, 0.1) is 11.4 Å². The van der Waals surface area contributed by atoms with E-state index < -0.39 is 10.0 Å². The Bertz CT molecular complexity index is 765. The van der Waals surface area contributed by atoms with E-state index in [0.717, 1.165) is 5.69 Å². The number of hydrogen-bond donors (Lipinski definition) is 1. The van der Waals surface area contributed by atoms with E-state index in [0.29, 0.717) is 15.9 Å². The van der Waals surface area contributed by atoms with Gasteiger partial charge in [0.15, 0.2) is 0 Å². The van der Waals surface area contributed by atoms with E-state index in [2.05, 4.69) is 30.6 Å². The first-order chi connectivity index (χ1) is 9.29. The molecular weight excluding hydrogens is 366 g/mol. The molecular formula is C12H11BrClN3O2S. The number of hydrogen-bond acceptors (Lipinski definition) is 4. The molecule has 0 spiro atoms. The summed E-state index contributed by atoms with van der Waals surface area (Å²) in [6.45, 7) is 3.56. The van der Waals surface area contributed by atoms with Crippen LogP contribution in [0.4, 0.5) is 5.69 Å². The molecule has 2 aromatic rings. The lowest BCUT2D eigenvalue weighted by Gasteiger charge is -2.11. The second-order valence-electron chi connectivity index (χ2n) is 4.13. The zero-order valence-electron chi connectivity index (χ0n) is 10.7. The van der Waals surface area contributed by atoms with Crippen LogP contribution in [0.2, 0.25) is 5.15 Å². The van der Waals surface area contributed by atoms with Crippen LogP contribution in [0, 0.1) is 13.8 Å². The van der Waals surface area contributed by atoms with Crippen molar-refractivity contribution in [1.82, 2.24) is 9.97 Å². The molecule has 0 saturated carbocycles. The van der Waals surface area contributed by atoms with Crippen molar-refractivity contribution in [3.8, 4) is 0 Å². The summed E-state index contributed by atoms with van der Waals surface area (Å²) in [6.07, 6.45) is 1.43. The number of anilines is 1. The van der Waals surface area contributed by atoms with Gasteiger partial charge in [-0.15, -0.1) is 0 Å². The van der Waals surface area contributed by atoms with E-state index in [9.17, 15) is 8.42 Å². The third kappa shape index (κ3) is 3.28. The van der Waals surface area contributed by atoms with Crippen LogP contribution >= 0.6 is 27.5 Å². The molecule has 2 rings (SSSR count). The second kappa shape index (κ2) is 5.67. The fourth-order valence-corrected chi connectivity index (χ4v) is 3.65. The van der Waals surface area contributed by atoms with Crippen LogP contribution in [0.5, 0.6) is 0 Å². The Balaban J connectivity index is 2.43. The van der Waals surface area contributed by atoms with Gasteiger partial charge in [-0.25, -0.2) is 13.4 Å². The topological polar surface area (TPSA) is 72.0 Å². The Morgan fingerprint density at radius 1 is 1.30 bits per heavy atom. The normalized spacial score (nSPS) is 11.4. The summed E-state index contributed by atoms with van der Waals surface area (Å²) < 4.78 is 27.6. The molecule has 0 aliphatic rings. The lowest BCUT2D eigenvalue weighted by atomic mass is 10.3. The van der Waals surface area contributed by atoms with Gasteiger partial charge >= 0.3 is 0 Å². The molecule has 0 radical (unpaired) electrons. The minimum absolute atomic E-state index is 0.0848. The number of pyridine rings is 2. The number of aryl methyl sites for hydroxylation is 2. The van der Waals surface area contributed by atoms with E-state index in [1.165, 1.54) is 12.3 Å². The van der Waals surface area contributed by atoms with Gasteiger partial charge < -0.3 is 0 Å². The number of halogens is 2. The Morgan fingerprint density at radius 2 is 2.00 bits per heavy atom. The molecule has 2 heterocycles. The maximum atomic E-state index is 12.3. The van der Waals surface area contributed by atoms with Crippen molar-refractivity contribution in [2.45, 2.75) is 18.7 Å². The van der Waals surface area contributed by atoms with E-state index in [4.69, 9.17) is 11.6 Å². The van der Waals surface area contributed by atoms with Gasteiger partial charge in [-0.05, 0) is 48.0 Å². The summed E-state index contributed by atoms with van der Waals surface area (Å²) >= 11 is 9.02. The van der Waals surface area contributed by atoms with Crippen molar-refractivity contribution in [2.24, 2.45) is 0 Å². The Morgan fingerprint density at radius 3 is 2.65 bits per heavy atom. The molecule has 0 aliphatic carbocycles. The Kier molecular flexibility index (Phi) is 4.31. The highest BCUT2D eigenvalue weighted by molar-refractivity contribution is 9.10. The molecule has 5 nitrogen and oxygen atoms in total. The highest BCUT2D eigenvalue weighted by Gasteiger charge is 2.20. The number of nitrogens with zero attached hydrogens (tertiary/aromatic N) is 2. The molecule has 0 bridgehead atoms. The molecule has 20 heavy (non-hydrogen) atoms. The largest absolute Gasteiger partial charge is 0.278 e. The van der Waals surface area contributed by atoms with E-state index in [1.54, 1.807) is 19.1 Å². The van der Waals surface area contributed by atoms with E-state index in [-0.39, 0.29) is 10.0 Å². The molecule has 0 atom stereocenters. The standard InChI is InChI=1S/C12H11BrClN3O2S/c1-7-3-4-10(8(2)16-7)17-20(18,19)11-5-9(13)6-15-12(11)14/h3-6,17H,1-2H3. The smallest absolute Gasteiger partial charge is 0.265 e. The van der Waals surface area contributed by atoms with Crippen molar-refractivity contribution in [2.75, 3.05) is 4.72 Å². The highest BCUT2D eigenvalue weighted by atomic mass is 79.9. The van der Waals surface area contributed by atoms with Crippen molar-refractivity contribution >= 4 is 43.2 Å². The monoisotopic (exact) mass is 375 g/mol. The highest BCUT2D eigenvalue weighted by Crippen LogP contribution is 2.25. The lowest BCUT2D eigenvalue weighted by Crippen LogP contribution is -2.15. The van der Waals surface area contributed by atoms with Crippen molar-refractivity contribution < 1.29 is 8.42 Å². The number of aromatic nitrogens is 2. The Labute approximate surface area is 130 Å². The van der Waals surface area contributed by atoms with Crippen LogP contribution in [0.25, 0.3) is 0 Å². The molecule has 0 aromatic carbocycles. The number of nitrogens with one attached hydrogen (secondary N) is 1. The molecule has 0 amide bonds. The first kappa shape index (κ1) is 15.2. The first-order valence-electron chi connectivity index (χ1n) is 5.58. The minimum Gasteiger partial charge on any atom is -0.278 e. The zero-order valence-corrected chi connectivity index (χ0v) is 13.8. The second-order valence-corrected chi connectivity index (χ2v) is 7.06. The predicted octanol–water partition coefficient (Wildman–Crippen LogP) is 3.31. The SMILES string of the molecule is Cc1ccc(NS(=O)(=O)c2cc(Br)cnc2Cl)c(C)n1. The summed E-state index contributed by atoms with van der Waals surface area (Å²) in [7, 11) is -3.82. The summed E-state index contributed by atoms with van der Waals surface area (Å²) in [5.74, 6) is 0. The molecule has 0 fully saturated rings. The molecule has 1 N–H and O–H groups in total. The molecule has 106 valence electrons. The Hall–Kier alpha value is -1.18. The third-order valence-electron chi connectivity index (χ3n) is 2.53. The average Bonchev–Trinajstić information content (AvgIpc) is 2.35. The average molecular weight is 377 g/mol. The van der Waals surface area contributed by atoms with Crippen LogP contribution in [0.3, 0.4) is 0 Å². The summed E-state index contributed by atoms with van der Waals surface area (Å²) in [5.41, 5.74) is 1.81. The van der Waals surface area contributed by atoms with Crippen LogP contribution in [-0.2, 0) is 10.0 Å². The molecule has 0 aliphatic heterocycles. The summed E-state index contributed by atoms with van der Waals surface area (Å²) in [5, 5.41) is -0.0848. The van der Waals surface area contributed by atoms with Gasteiger partial charge in [-0.3, -0.25) is 9.71 Å². The van der Waals surface area contributed by atoms with Crippen LogP contribution in [-0.4, -0.2) is 18.4 Å². The maximum absolute atomic E-state index is 12.3. The fraction of sp³-hybridized carbons (Fsp3) is 0.167. The molecule has 8 heteroatoms. The number of sulfonamides is 1. The van der Waals surface area contributed by atoms with E-state index >= 15 is 0 Å². The van der Waals surface area contributed by atoms with Crippen molar-refractivity contribution in [1.29, 1.82) is 0 Å². The van der Waals surface area contributed by atoms with Gasteiger partial charge in [-0.1, -0.05) is 11.6 Å². The van der Waals surface area contributed by atoms with Gasteiger partial charge in [0, 0.05) is 16.4 Å². The first-order valence-corrected chi connectivity index (χ1v) is 8.23.